The Bertz CT molecular complexity index is 436. The van der Waals surface area contributed by atoms with Crippen LogP contribution in [0.5, 0.6) is 0 Å². The quantitative estimate of drug-likeness (QED) is 0.791. The van der Waals surface area contributed by atoms with Crippen LogP contribution in [0.3, 0.4) is 0 Å². The number of imidazole rings is 1. The van der Waals surface area contributed by atoms with Gasteiger partial charge in [0.05, 0.1) is 17.3 Å². The topological polar surface area (TPSA) is 28.7 Å². The Hall–Kier alpha value is -1.28. The van der Waals surface area contributed by atoms with Gasteiger partial charge in [0.1, 0.15) is 5.82 Å². The van der Waals surface area contributed by atoms with Crippen LogP contribution in [0.1, 0.15) is 30.8 Å². The average molecular weight is 235 g/mol. The highest BCUT2D eigenvalue weighted by Gasteiger charge is 2.10. The number of aromatic amines is 1. The van der Waals surface area contributed by atoms with Gasteiger partial charge >= 0.3 is 0 Å². The van der Waals surface area contributed by atoms with Crippen LogP contribution in [-0.4, -0.2) is 9.97 Å². The summed E-state index contributed by atoms with van der Waals surface area (Å²) in [5, 5.41) is 0.0370. The number of nitrogens with one attached hydrogen (secondary N) is 1. The Labute approximate surface area is 101 Å². The van der Waals surface area contributed by atoms with Gasteiger partial charge in [0, 0.05) is 5.56 Å². The molecule has 0 saturated carbocycles. The van der Waals surface area contributed by atoms with Gasteiger partial charge in [-0.15, -0.1) is 11.6 Å². The molecule has 0 fully saturated rings. The number of hydrogen-bond acceptors (Lipinski definition) is 1. The van der Waals surface area contributed by atoms with Crippen molar-refractivity contribution in [3.63, 3.8) is 0 Å². The molecule has 1 atom stereocenters. The van der Waals surface area contributed by atoms with Crippen molar-refractivity contribution in [2.45, 2.75) is 25.1 Å². The number of H-pyrrole nitrogens is 1. The third-order valence-corrected chi connectivity index (χ3v) is 2.98. The minimum absolute atomic E-state index is 0.0370. The smallest absolute Gasteiger partial charge is 0.137 e. The minimum atomic E-state index is 0.0370. The molecule has 0 radical (unpaired) electrons. The first-order valence-electron chi connectivity index (χ1n) is 5.55. The summed E-state index contributed by atoms with van der Waals surface area (Å²) < 4.78 is 0. The zero-order valence-corrected chi connectivity index (χ0v) is 10.0. The van der Waals surface area contributed by atoms with Crippen molar-refractivity contribution in [2.24, 2.45) is 0 Å². The molecule has 16 heavy (non-hydrogen) atoms. The predicted octanol–water partition coefficient (Wildman–Crippen LogP) is 4.16. The fraction of sp³-hybridized carbons (Fsp3) is 0.308. The monoisotopic (exact) mass is 234 g/mol. The molecular weight excluding hydrogens is 220 g/mol. The molecule has 1 N–H and O–H groups in total. The van der Waals surface area contributed by atoms with Gasteiger partial charge in [0.25, 0.3) is 0 Å². The Morgan fingerprint density at radius 1 is 1.31 bits per heavy atom. The summed E-state index contributed by atoms with van der Waals surface area (Å²) in [5.41, 5.74) is 2.09. The van der Waals surface area contributed by atoms with E-state index in [1.54, 1.807) is 0 Å². The summed E-state index contributed by atoms with van der Waals surface area (Å²) in [7, 11) is 0. The lowest BCUT2D eigenvalue weighted by atomic mass is 10.2. The van der Waals surface area contributed by atoms with E-state index in [0.29, 0.717) is 0 Å². The summed E-state index contributed by atoms with van der Waals surface area (Å²) in [4.78, 5) is 7.62. The maximum absolute atomic E-state index is 6.24. The van der Waals surface area contributed by atoms with Gasteiger partial charge in [-0.25, -0.2) is 4.98 Å². The van der Waals surface area contributed by atoms with Crippen LogP contribution in [0.25, 0.3) is 11.4 Å². The lowest BCUT2D eigenvalue weighted by Crippen LogP contribution is -1.89. The van der Waals surface area contributed by atoms with E-state index in [1.165, 1.54) is 0 Å². The number of hydrogen-bond donors (Lipinski definition) is 1. The SMILES string of the molecule is CCCC(Cl)c1cnc(-c2ccccc2)[nH]1. The number of aromatic nitrogens is 2. The molecule has 1 aromatic carbocycles. The van der Waals surface area contributed by atoms with E-state index in [4.69, 9.17) is 11.6 Å². The van der Waals surface area contributed by atoms with E-state index in [0.717, 1.165) is 29.9 Å². The van der Waals surface area contributed by atoms with Gasteiger partial charge in [-0.05, 0) is 6.42 Å². The van der Waals surface area contributed by atoms with Crippen molar-refractivity contribution in [1.82, 2.24) is 9.97 Å². The van der Waals surface area contributed by atoms with Crippen molar-refractivity contribution >= 4 is 11.6 Å². The number of nitrogens with zero attached hydrogens (tertiary/aromatic N) is 1. The molecule has 3 heteroatoms. The van der Waals surface area contributed by atoms with Crippen molar-refractivity contribution < 1.29 is 0 Å². The van der Waals surface area contributed by atoms with Crippen molar-refractivity contribution in [2.75, 3.05) is 0 Å². The summed E-state index contributed by atoms with van der Waals surface area (Å²) in [6, 6.07) is 10.1. The highest BCUT2D eigenvalue weighted by molar-refractivity contribution is 6.20. The summed E-state index contributed by atoms with van der Waals surface area (Å²) >= 11 is 6.24. The highest BCUT2D eigenvalue weighted by atomic mass is 35.5. The zero-order chi connectivity index (χ0) is 11.4. The molecule has 0 saturated heterocycles. The maximum atomic E-state index is 6.24. The first kappa shape index (κ1) is 11.2. The summed E-state index contributed by atoms with van der Waals surface area (Å²) in [5.74, 6) is 0.886. The van der Waals surface area contributed by atoms with Crippen molar-refractivity contribution in [1.29, 1.82) is 0 Å². The standard InChI is InChI=1S/C13H15ClN2/c1-2-6-11(14)12-9-15-13(16-12)10-7-4-3-5-8-10/h3-5,7-9,11H,2,6H2,1H3,(H,15,16). The normalized spacial score (nSPS) is 12.6. The number of rotatable bonds is 4. The van der Waals surface area contributed by atoms with Gasteiger partial charge < -0.3 is 4.98 Å². The molecule has 84 valence electrons. The van der Waals surface area contributed by atoms with Crippen LogP contribution in [0, 0.1) is 0 Å². The molecule has 1 heterocycles. The van der Waals surface area contributed by atoms with E-state index < -0.39 is 0 Å². The molecule has 2 nitrogen and oxygen atoms in total. The van der Waals surface area contributed by atoms with E-state index in [1.807, 2.05) is 36.5 Å². The number of benzene rings is 1. The van der Waals surface area contributed by atoms with Gasteiger partial charge in [-0.2, -0.15) is 0 Å². The van der Waals surface area contributed by atoms with Crippen molar-refractivity contribution in [3.8, 4) is 11.4 Å². The number of halogens is 1. The average Bonchev–Trinajstić information content (AvgIpc) is 2.80. The van der Waals surface area contributed by atoms with Gasteiger partial charge in [-0.1, -0.05) is 43.7 Å². The molecule has 2 rings (SSSR count). The Kier molecular flexibility index (Phi) is 3.62. The molecule has 1 unspecified atom stereocenters. The van der Waals surface area contributed by atoms with Crippen LogP contribution < -0.4 is 0 Å². The van der Waals surface area contributed by atoms with E-state index in [-0.39, 0.29) is 5.38 Å². The molecule has 0 aliphatic rings. The molecule has 0 amide bonds. The molecule has 0 bridgehead atoms. The molecular formula is C13H15ClN2. The summed E-state index contributed by atoms with van der Waals surface area (Å²) in [6.07, 6.45) is 3.88. The lowest BCUT2D eigenvalue weighted by molar-refractivity contribution is 0.756. The Balaban J connectivity index is 2.20. The lowest BCUT2D eigenvalue weighted by Gasteiger charge is -2.03. The van der Waals surface area contributed by atoms with E-state index >= 15 is 0 Å². The fourth-order valence-electron chi connectivity index (χ4n) is 1.65. The van der Waals surface area contributed by atoms with E-state index in [2.05, 4.69) is 16.9 Å². The third kappa shape index (κ3) is 2.45. The fourth-order valence-corrected chi connectivity index (χ4v) is 1.98. The zero-order valence-electron chi connectivity index (χ0n) is 9.28. The second kappa shape index (κ2) is 5.17. The summed E-state index contributed by atoms with van der Waals surface area (Å²) in [6.45, 7) is 2.13. The van der Waals surface area contributed by atoms with Crippen LogP contribution in [-0.2, 0) is 0 Å². The first-order chi connectivity index (χ1) is 7.81. The molecule has 2 aromatic rings. The second-order valence-electron chi connectivity index (χ2n) is 3.81. The first-order valence-corrected chi connectivity index (χ1v) is 5.99. The highest BCUT2D eigenvalue weighted by Crippen LogP contribution is 2.25. The maximum Gasteiger partial charge on any atom is 0.137 e. The Morgan fingerprint density at radius 2 is 2.06 bits per heavy atom. The van der Waals surface area contributed by atoms with Crippen LogP contribution in [0.4, 0.5) is 0 Å². The largest absolute Gasteiger partial charge is 0.341 e. The van der Waals surface area contributed by atoms with Crippen LogP contribution in [0.15, 0.2) is 36.5 Å². The van der Waals surface area contributed by atoms with E-state index in [9.17, 15) is 0 Å². The van der Waals surface area contributed by atoms with Gasteiger partial charge in [0.15, 0.2) is 0 Å². The van der Waals surface area contributed by atoms with Gasteiger partial charge in [-0.3, -0.25) is 0 Å². The Morgan fingerprint density at radius 3 is 2.75 bits per heavy atom. The molecule has 0 spiro atoms. The second-order valence-corrected chi connectivity index (χ2v) is 4.34. The van der Waals surface area contributed by atoms with Crippen LogP contribution >= 0.6 is 11.6 Å². The number of alkyl halides is 1. The predicted molar refractivity (Wildman–Crippen MR) is 67.5 cm³/mol. The van der Waals surface area contributed by atoms with Crippen molar-refractivity contribution in [3.05, 3.63) is 42.2 Å². The third-order valence-electron chi connectivity index (χ3n) is 2.52. The van der Waals surface area contributed by atoms with Crippen LogP contribution in [0.2, 0.25) is 0 Å². The molecule has 0 aliphatic heterocycles. The molecule has 1 aromatic heterocycles. The van der Waals surface area contributed by atoms with Gasteiger partial charge in [0.2, 0.25) is 0 Å². The molecule has 0 aliphatic carbocycles. The minimum Gasteiger partial charge on any atom is -0.341 e.